The fourth-order valence-electron chi connectivity index (χ4n) is 4.08. The SMILES string of the molecule is C[C@@H](N(NC(=O)OC(C)(C)C)C(=S)NC(C)(C(=O)O)c1ccccc1)[C@](O)(Cn1cncn1)c1ccc(F)cc1F. The summed E-state index contributed by atoms with van der Waals surface area (Å²) in [5.74, 6) is -3.24. The lowest BCUT2D eigenvalue weighted by Gasteiger charge is -2.43. The molecule has 3 rings (SSSR count). The number of aromatic nitrogens is 3. The molecule has 0 aliphatic rings. The van der Waals surface area contributed by atoms with Crippen LogP contribution in [0.5, 0.6) is 0 Å². The van der Waals surface area contributed by atoms with Crippen LogP contribution in [0.1, 0.15) is 45.7 Å². The number of carbonyl (C=O) groups excluding carboxylic acids is 1. The van der Waals surface area contributed by atoms with Crippen LogP contribution in [0, 0.1) is 11.6 Å². The second-order valence-corrected chi connectivity index (χ2v) is 10.9. The molecule has 0 bridgehead atoms. The van der Waals surface area contributed by atoms with E-state index in [0.29, 0.717) is 11.6 Å². The molecule has 41 heavy (non-hydrogen) atoms. The van der Waals surface area contributed by atoms with Gasteiger partial charge in [0.2, 0.25) is 0 Å². The van der Waals surface area contributed by atoms with Crippen molar-refractivity contribution in [1.29, 1.82) is 0 Å². The Labute approximate surface area is 241 Å². The van der Waals surface area contributed by atoms with Crippen LogP contribution >= 0.6 is 12.2 Å². The predicted molar refractivity (Wildman–Crippen MR) is 148 cm³/mol. The molecule has 0 saturated carbocycles. The highest BCUT2D eigenvalue weighted by atomic mass is 32.1. The number of hydrogen-bond donors (Lipinski definition) is 4. The Morgan fingerprint density at radius 3 is 2.34 bits per heavy atom. The Balaban J connectivity index is 2.12. The van der Waals surface area contributed by atoms with Crippen molar-refractivity contribution in [2.75, 3.05) is 0 Å². The standard InChI is InChI=1S/C27H32F2N6O5S/c1-17(27(39,14-34-16-30-15-31-34)20-12-11-19(28)13-21(20)29)35(33-24(38)40-25(2,3)4)23(41)32-26(5,22(36)37)18-9-7-6-8-10-18/h6-13,15-17,39H,14H2,1-5H3,(H,32,41)(H,33,38)(H,36,37)/t17-,26?,27-/m1/s1. The van der Waals surface area contributed by atoms with Gasteiger partial charge >= 0.3 is 12.1 Å². The van der Waals surface area contributed by atoms with E-state index < -0.39 is 53.0 Å². The third-order valence-electron chi connectivity index (χ3n) is 6.31. The van der Waals surface area contributed by atoms with Crippen LogP contribution in [0.25, 0.3) is 0 Å². The summed E-state index contributed by atoms with van der Waals surface area (Å²) in [7, 11) is 0. The zero-order chi connectivity index (χ0) is 30.6. The van der Waals surface area contributed by atoms with Crippen molar-refractivity contribution in [3.05, 3.63) is 83.9 Å². The van der Waals surface area contributed by atoms with Crippen molar-refractivity contribution in [3.63, 3.8) is 0 Å². The summed E-state index contributed by atoms with van der Waals surface area (Å²) >= 11 is 5.58. The van der Waals surface area contributed by atoms with Gasteiger partial charge in [-0.3, -0.25) is 5.01 Å². The average molecular weight is 591 g/mol. The molecule has 2 aromatic carbocycles. The Morgan fingerprint density at radius 1 is 1.15 bits per heavy atom. The van der Waals surface area contributed by atoms with Gasteiger partial charge in [-0.05, 0) is 58.5 Å². The van der Waals surface area contributed by atoms with E-state index in [9.17, 15) is 24.2 Å². The first-order valence-corrected chi connectivity index (χ1v) is 12.9. The van der Waals surface area contributed by atoms with E-state index in [2.05, 4.69) is 20.8 Å². The molecule has 3 atom stereocenters. The first kappa shape index (κ1) is 31.4. The molecular weight excluding hydrogens is 558 g/mol. The van der Waals surface area contributed by atoms with Crippen molar-refractivity contribution in [3.8, 4) is 0 Å². The molecule has 0 saturated heterocycles. The number of nitrogens with one attached hydrogen (secondary N) is 2. The van der Waals surface area contributed by atoms with Crippen LogP contribution in [0.4, 0.5) is 13.6 Å². The van der Waals surface area contributed by atoms with E-state index in [1.54, 1.807) is 51.1 Å². The number of aliphatic carboxylic acids is 1. The van der Waals surface area contributed by atoms with Gasteiger partial charge in [0, 0.05) is 11.6 Å². The number of ether oxygens (including phenoxy) is 1. The Kier molecular flexibility index (Phi) is 9.29. The third kappa shape index (κ3) is 7.32. The molecule has 0 spiro atoms. The molecule has 0 aliphatic heterocycles. The van der Waals surface area contributed by atoms with Crippen molar-refractivity contribution in [1.82, 2.24) is 30.5 Å². The molecule has 220 valence electrons. The van der Waals surface area contributed by atoms with Gasteiger partial charge in [0.25, 0.3) is 0 Å². The highest BCUT2D eigenvalue weighted by Gasteiger charge is 2.46. The van der Waals surface area contributed by atoms with Crippen LogP contribution < -0.4 is 10.7 Å². The summed E-state index contributed by atoms with van der Waals surface area (Å²) in [6.45, 7) is 7.25. The summed E-state index contributed by atoms with van der Waals surface area (Å²) in [6, 6.07) is 9.46. The van der Waals surface area contributed by atoms with Crippen molar-refractivity contribution in [2.45, 2.75) is 63.9 Å². The fourth-order valence-corrected chi connectivity index (χ4v) is 4.48. The molecule has 1 unspecified atom stereocenters. The second kappa shape index (κ2) is 12.1. The molecule has 1 aromatic heterocycles. The second-order valence-electron chi connectivity index (χ2n) is 10.5. The Hall–Kier alpha value is -4.17. The number of thiocarbonyl (C=S) groups is 1. The van der Waals surface area contributed by atoms with Gasteiger partial charge in [0.15, 0.2) is 10.7 Å². The summed E-state index contributed by atoms with van der Waals surface area (Å²) in [5.41, 5.74) is -2.54. The monoisotopic (exact) mass is 590 g/mol. The van der Waals surface area contributed by atoms with Crippen molar-refractivity contribution >= 4 is 29.4 Å². The van der Waals surface area contributed by atoms with Gasteiger partial charge < -0.3 is 20.3 Å². The van der Waals surface area contributed by atoms with Gasteiger partial charge in [-0.15, -0.1) is 0 Å². The maximum Gasteiger partial charge on any atom is 0.426 e. The van der Waals surface area contributed by atoms with E-state index >= 15 is 4.39 Å². The average Bonchev–Trinajstić information content (AvgIpc) is 3.38. The number of amides is 1. The van der Waals surface area contributed by atoms with Crippen LogP contribution in [-0.4, -0.2) is 58.8 Å². The number of nitrogens with zero attached hydrogens (tertiary/aromatic N) is 4. The largest absolute Gasteiger partial charge is 0.479 e. The number of carboxylic acids is 1. The quantitative estimate of drug-likeness (QED) is 0.228. The minimum absolute atomic E-state index is 0.335. The molecule has 1 amide bonds. The Bertz CT molecular complexity index is 1390. The Morgan fingerprint density at radius 2 is 1.80 bits per heavy atom. The number of benzene rings is 2. The van der Waals surface area contributed by atoms with Crippen LogP contribution in [-0.2, 0) is 27.2 Å². The highest BCUT2D eigenvalue weighted by Crippen LogP contribution is 2.33. The molecule has 11 nitrogen and oxygen atoms in total. The first-order chi connectivity index (χ1) is 19.1. The minimum atomic E-state index is -2.25. The van der Waals surface area contributed by atoms with Crippen LogP contribution in [0.3, 0.4) is 0 Å². The number of halogens is 2. The zero-order valence-corrected chi connectivity index (χ0v) is 23.9. The maximum absolute atomic E-state index is 15.2. The van der Waals surface area contributed by atoms with Gasteiger partial charge in [-0.2, -0.15) is 5.10 Å². The molecule has 0 aliphatic carbocycles. The van der Waals surface area contributed by atoms with E-state index in [0.717, 1.165) is 17.1 Å². The lowest BCUT2D eigenvalue weighted by atomic mass is 9.86. The molecule has 3 aromatic rings. The minimum Gasteiger partial charge on any atom is -0.479 e. The smallest absolute Gasteiger partial charge is 0.426 e. The number of hydrogen-bond acceptors (Lipinski definition) is 7. The van der Waals surface area contributed by atoms with E-state index in [4.69, 9.17) is 17.0 Å². The molecular formula is C27H32F2N6O5S. The molecule has 4 N–H and O–H groups in total. The van der Waals surface area contributed by atoms with E-state index in [1.807, 2.05) is 0 Å². The van der Waals surface area contributed by atoms with Crippen LogP contribution in [0.2, 0.25) is 0 Å². The van der Waals surface area contributed by atoms with Crippen molar-refractivity contribution in [2.24, 2.45) is 0 Å². The normalized spacial score (nSPS) is 15.1. The predicted octanol–water partition coefficient (Wildman–Crippen LogP) is 3.45. The lowest BCUT2D eigenvalue weighted by Crippen LogP contribution is -2.65. The lowest BCUT2D eigenvalue weighted by molar-refractivity contribution is -0.144. The molecule has 1 heterocycles. The summed E-state index contributed by atoms with van der Waals surface area (Å²) in [6.07, 6.45) is 1.48. The number of rotatable bonds is 8. The third-order valence-corrected chi connectivity index (χ3v) is 6.61. The number of carbonyl (C=O) groups is 2. The van der Waals surface area contributed by atoms with Gasteiger partial charge in [0.05, 0.1) is 12.6 Å². The fraction of sp³-hybridized carbons (Fsp3) is 0.370. The number of carboxylic acid groups (broad SMARTS) is 1. The van der Waals surface area contributed by atoms with E-state index in [1.165, 1.54) is 31.2 Å². The topological polar surface area (TPSA) is 142 Å². The number of aliphatic hydroxyl groups is 1. The first-order valence-electron chi connectivity index (χ1n) is 12.5. The number of hydrazine groups is 1. The highest BCUT2D eigenvalue weighted by molar-refractivity contribution is 7.80. The van der Waals surface area contributed by atoms with Crippen molar-refractivity contribution < 1.29 is 33.3 Å². The summed E-state index contributed by atoms with van der Waals surface area (Å²) in [4.78, 5) is 29.2. The van der Waals surface area contributed by atoms with Gasteiger partial charge in [0.1, 0.15) is 35.5 Å². The summed E-state index contributed by atoms with van der Waals surface area (Å²) in [5, 5.41) is 29.6. The maximum atomic E-state index is 15.2. The molecule has 14 heteroatoms. The molecule has 0 radical (unpaired) electrons. The van der Waals surface area contributed by atoms with E-state index in [-0.39, 0.29) is 10.7 Å². The van der Waals surface area contributed by atoms with Gasteiger partial charge in [-0.1, -0.05) is 36.4 Å². The summed E-state index contributed by atoms with van der Waals surface area (Å²) < 4.78 is 35.6. The molecule has 0 fully saturated rings. The van der Waals surface area contributed by atoms with Gasteiger partial charge in [-0.25, -0.2) is 33.5 Å². The zero-order valence-electron chi connectivity index (χ0n) is 23.1. The van der Waals surface area contributed by atoms with Crippen LogP contribution in [0.15, 0.2) is 61.2 Å².